The van der Waals surface area contributed by atoms with Gasteiger partial charge in [0.05, 0.1) is 11.7 Å². The van der Waals surface area contributed by atoms with E-state index in [0.717, 1.165) is 5.82 Å². The van der Waals surface area contributed by atoms with Crippen molar-refractivity contribution < 1.29 is 9.90 Å². The van der Waals surface area contributed by atoms with Crippen LogP contribution >= 0.6 is 0 Å². The van der Waals surface area contributed by atoms with E-state index in [1.165, 1.54) is 6.20 Å². The first-order valence-corrected chi connectivity index (χ1v) is 5.15. The minimum absolute atomic E-state index is 0.327. The average Bonchev–Trinajstić information content (AvgIpc) is 2.26. The lowest BCUT2D eigenvalue weighted by Gasteiger charge is -2.18. The van der Waals surface area contributed by atoms with Crippen LogP contribution in [0.15, 0.2) is 18.3 Å². The number of aliphatic hydroxyl groups is 1. The third-order valence-corrected chi connectivity index (χ3v) is 2.31. The molecule has 0 saturated carbocycles. The first-order valence-electron chi connectivity index (χ1n) is 5.15. The number of hydrogen-bond donors (Lipinski definition) is 2. The summed E-state index contributed by atoms with van der Waals surface area (Å²) in [4.78, 5) is 16.9. The van der Waals surface area contributed by atoms with Crippen LogP contribution in [0.3, 0.4) is 0 Å². The van der Waals surface area contributed by atoms with Crippen LogP contribution in [0.5, 0.6) is 0 Å². The van der Waals surface area contributed by atoms with Crippen LogP contribution in [0, 0.1) is 0 Å². The number of anilines is 1. The molecule has 88 valence electrons. The molecule has 1 aromatic heterocycles. The summed E-state index contributed by atoms with van der Waals surface area (Å²) >= 11 is 0. The maximum absolute atomic E-state index is 10.8. The Bertz CT molecular complexity index is 349. The number of amides is 1. The molecule has 0 aromatic carbocycles. The van der Waals surface area contributed by atoms with Gasteiger partial charge in [-0.1, -0.05) is 0 Å². The van der Waals surface area contributed by atoms with Gasteiger partial charge in [0.25, 0.3) is 0 Å². The van der Waals surface area contributed by atoms with Crippen LogP contribution in [0.4, 0.5) is 5.82 Å². The number of nitrogens with zero attached hydrogens (tertiary/aromatic N) is 2. The van der Waals surface area contributed by atoms with Gasteiger partial charge in [0, 0.05) is 19.8 Å². The number of carbonyl (C=O) groups excluding carboxylic acids is 1. The van der Waals surface area contributed by atoms with Gasteiger partial charge in [-0.25, -0.2) is 4.98 Å². The molecule has 3 N–H and O–H groups in total. The standard InChI is InChI=1S/C11H17N3O2/c1-8(15)5-6-14(2)10-4-3-9(7-13-10)11(12)16/h3-4,7-8,15H,5-6H2,1-2H3,(H2,12,16). The molecule has 0 aliphatic carbocycles. The van der Waals surface area contributed by atoms with Crippen LogP contribution in [-0.4, -0.2) is 35.7 Å². The summed E-state index contributed by atoms with van der Waals surface area (Å²) < 4.78 is 0. The van der Waals surface area contributed by atoms with Gasteiger partial charge < -0.3 is 15.7 Å². The molecule has 0 bridgehead atoms. The van der Waals surface area contributed by atoms with E-state index in [-0.39, 0.29) is 6.10 Å². The second-order valence-corrected chi connectivity index (χ2v) is 3.83. The summed E-state index contributed by atoms with van der Waals surface area (Å²) in [6.07, 6.45) is 1.80. The van der Waals surface area contributed by atoms with Gasteiger partial charge in [-0.15, -0.1) is 0 Å². The van der Waals surface area contributed by atoms with Crippen LogP contribution in [0.25, 0.3) is 0 Å². The summed E-state index contributed by atoms with van der Waals surface area (Å²) in [6, 6.07) is 3.38. The molecule has 16 heavy (non-hydrogen) atoms. The molecule has 5 heteroatoms. The lowest BCUT2D eigenvalue weighted by atomic mass is 10.2. The van der Waals surface area contributed by atoms with E-state index in [0.29, 0.717) is 18.5 Å². The van der Waals surface area contributed by atoms with Crippen molar-refractivity contribution in [3.8, 4) is 0 Å². The molecule has 1 atom stereocenters. The molecule has 0 aliphatic rings. The van der Waals surface area contributed by atoms with Crippen molar-refractivity contribution in [2.24, 2.45) is 5.73 Å². The fraction of sp³-hybridized carbons (Fsp3) is 0.455. The van der Waals surface area contributed by atoms with Crippen LogP contribution in [-0.2, 0) is 0 Å². The van der Waals surface area contributed by atoms with Crippen molar-refractivity contribution in [2.45, 2.75) is 19.4 Å². The summed E-state index contributed by atoms with van der Waals surface area (Å²) in [5.41, 5.74) is 5.51. The van der Waals surface area contributed by atoms with Crippen molar-refractivity contribution in [3.63, 3.8) is 0 Å². The number of carbonyl (C=O) groups is 1. The molecule has 0 saturated heterocycles. The number of nitrogens with two attached hydrogens (primary N) is 1. The van der Waals surface area contributed by atoms with Gasteiger partial charge in [0.2, 0.25) is 5.91 Å². The molecule has 0 radical (unpaired) electrons. The maximum atomic E-state index is 10.8. The van der Waals surface area contributed by atoms with E-state index in [4.69, 9.17) is 10.8 Å². The molecular formula is C11H17N3O2. The van der Waals surface area contributed by atoms with Crippen molar-refractivity contribution in [1.82, 2.24) is 4.98 Å². The van der Waals surface area contributed by atoms with Crippen molar-refractivity contribution in [1.29, 1.82) is 0 Å². The molecule has 1 aromatic rings. The molecule has 1 rings (SSSR count). The number of aromatic nitrogens is 1. The zero-order valence-corrected chi connectivity index (χ0v) is 9.55. The van der Waals surface area contributed by atoms with Crippen LogP contribution in [0.1, 0.15) is 23.7 Å². The van der Waals surface area contributed by atoms with Gasteiger partial charge in [0.1, 0.15) is 5.82 Å². The number of pyridine rings is 1. The number of hydrogen-bond acceptors (Lipinski definition) is 4. The Balaban J connectivity index is 2.63. The van der Waals surface area contributed by atoms with Crippen molar-refractivity contribution in [3.05, 3.63) is 23.9 Å². The Morgan fingerprint density at radius 2 is 2.31 bits per heavy atom. The average molecular weight is 223 g/mol. The Morgan fingerprint density at radius 1 is 1.62 bits per heavy atom. The third kappa shape index (κ3) is 3.51. The Morgan fingerprint density at radius 3 is 2.75 bits per heavy atom. The van der Waals surface area contributed by atoms with E-state index in [9.17, 15) is 4.79 Å². The van der Waals surface area contributed by atoms with Gasteiger partial charge in [-0.05, 0) is 25.5 Å². The molecule has 0 spiro atoms. The van der Waals surface area contributed by atoms with Crippen molar-refractivity contribution in [2.75, 3.05) is 18.5 Å². The predicted octanol–water partition coefficient (Wildman–Crippen LogP) is 0.388. The first-order chi connectivity index (χ1) is 7.50. The Kier molecular flexibility index (Phi) is 4.25. The molecule has 1 heterocycles. The van der Waals surface area contributed by atoms with Crippen molar-refractivity contribution >= 4 is 11.7 Å². The highest BCUT2D eigenvalue weighted by Crippen LogP contribution is 2.10. The molecule has 0 aliphatic heterocycles. The van der Waals surface area contributed by atoms with E-state index >= 15 is 0 Å². The molecule has 1 unspecified atom stereocenters. The smallest absolute Gasteiger partial charge is 0.250 e. The molecule has 1 amide bonds. The minimum atomic E-state index is -0.481. The summed E-state index contributed by atoms with van der Waals surface area (Å²) in [6.45, 7) is 2.46. The molecule has 0 fully saturated rings. The topological polar surface area (TPSA) is 79.5 Å². The normalized spacial score (nSPS) is 12.2. The number of rotatable bonds is 5. The summed E-state index contributed by atoms with van der Waals surface area (Å²) in [7, 11) is 1.88. The minimum Gasteiger partial charge on any atom is -0.393 e. The van der Waals surface area contributed by atoms with Gasteiger partial charge >= 0.3 is 0 Å². The zero-order chi connectivity index (χ0) is 12.1. The van der Waals surface area contributed by atoms with Gasteiger partial charge in [-0.3, -0.25) is 4.79 Å². The third-order valence-electron chi connectivity index (χ3n) is 2.31. The first kappa shape index (κ1) is 12.4. The fourth-order valence-corrected chi connectivity index (χ4v) is 1.25. The quantitative estimate of drug-likeness (QED) is 0.756. The highest BCUT2D eigenvalue weighted by Gasteiger charge is 2.05. The van der Waals surface area contributed by atoms with Crippen LogP contribution < -0.4 is 10.6 Å². The maximum Gasteiger partial charge on any atom is 0.250 e. The second kappa shape index (κ2) is 5.46. The highest BCUT2D eigenvalue weighted by molar-refractivity contribution is 5.92. The predicted molar refractivity (Wildman–Crippen MR) is 62.3 cm³/mol. The number of aliphatic hydroxyl groups excluding tert-OH is 1. The molecular weight excluding hydrogens is 206 g/mol. The monoisotopic (exact) mass is 223 g/mol. The number of primary amides is 1. The molecule has 5 nitrogen and oxygen atoms in total. The van der Waals surface area contributed by atoms with E-state index in [1.807, 2.05) is 11.9 Å². The van der Waals surface area contributed by atoms with E-state index in [2.05, 4.69) is 4.98 Å². The second-order valence-electron chi connectivity index (χ2n) is 3.83. The zero-order valence-electron chi connectivity index (χ0n) is 9.55. The van der Waals surface area contributed by atoms with E-state index < -0.39 is 5.91 Å². The SMILES string of the molecule is CC(O)CCN(C)c1ccc(C(N)=O)cn1. The Hall–Kier alpha value is -1.62. The lowest BCUT2D eigenvalue weighted by molar-refractivity contribution is 0.1000. The van der Waals surface area contributed by atoms with Gasteiger partial charge in [0.15, 0.2) is 0 Å². The largest absolute Gasteiger partial charge is 0.393 e. The fourth-order valence-electron chi connectivity index (χ4n) is 1.25. The van der Waals surface area contributed by atoms with E-state index in [1.54, 1.807) is 19.1 Å². The lowest BCUT2D eigenvalue weighted by Crippen LogP contribution is -2.23. The summed E-state index contributed by atoms with van der Waals surface area (Å²) in [5, 5.41) is 9.16. The Labute approximate surface area is 94.9 Å². The van der Waals surface area contributed by atoms with Gasteiger partial charge in [-0.2, -0.15) is 0 Å². The summed E-state index contributed by atoms with van der Waals surface area (Å²) in [5.74, 6) is 0.274. The highest BCUT2D eigenvalue weighted by atomic mass is 16.3. The van der Waals surface area contributed by atoms with Crippen LogP contribution in [0.2, 0.25) is 0 Å².